The quantitative estimate of drug-likeness (QED) is 0.849. The number of carbonyl (C=O) groups excluding carboxylic acids is 1. The number of halogens is 3. The summed E-state index contributed by atoms with van der Waals surface area (Å²) in [6.45, 7) is 0. The number of aromatic nitrogens is 2. The molecular formula is C18H16F3N3O3. The highest BCUT2D eigenvalue weighted by Gasteiger charge is 2.30. The molecule has 1 aliphatic carbocycles. The standard InChI is InChI=1S/C18H16F3N3O3/c19-18(20,21)11-3-7-13(8-4-11)27-12-5-1-10(2-6-12)17-23-14(16(22)26)9-15(25)24-17/h1,3-4,7-9,12H,2,5-6H2,(H2,22,26)(H,23,24,25). The number of hydrogen-bond donors (Lipinski definition) is 2. The molecule has 1 heterocycles. The molecule has 1 unspecified atom stereocenters. The monoisotopic (exact) mass is 379 g/mol. The van der Waals surface area contributed by atoms with Crippen molar-refractivity contribution in [1.29, 1.82) is 0 Å². The summed E-state index contributed by atoms with van der Waals surface area (Å²) in [7, 11) is 0. The van der Waals surface area contributed by atoms with Crippen LogP contribution in [0.4, 0.5) is 13.2 Å². The third-order valence-corrected chi connectivity index (χ3v) is 4.10. The van der Waals surface area contributed by atoms with E-state index in [0.29, 0.717) is 25.0 Å². The molecule has 0 aliphatic heterocycles. The second-order valence-corrected chi connectivity index (χ2v) is 6.06. The molecule has 1 aromatic carbocycles. The summed E-state index contributed by atoms with van der Waals surface area (Å²) in [4.78, 5) is 19.2. The van der Waals surface area contributed by atoms with Gasteiger partial charge in [-0.05, 0) is 42.7 Å². The van der Waals surface area contributed by atoms with Gasteiger partial charge in [0.2, 0.25) is 5.88 Å². The molecule has 1 aromatic heterocycles. The Kier molecular flexibility index (Phi) is 5.02. The number of alkyl halides is 3. The first-order chi connectivity index (χ1) is 12.7. The van der Waals surface area contributed by atoms with Crippen molar-refractivity contribution in [2.75, 3.05) is 0 Å². The minimum atomic E-state index is -4.38. The summed E-state index contributed by atoms with van der Waals surface area (Å²) in [6.07, 6.45) is -1.19. The van der Waals surface area contributed by atoms with Crippen molar-refractivity contribution in [3.63, 3.8) is 0 Å². The second kappa shape index (κ2) is 7.26. The van der Waals surface area contributed by atoms with Gasteiger partial charge in [-0.2, -0.15) is 18.2 Å². The molecule has 142 valence electrons. The van der Waals surface area contributed by atoms with Gasteiger partial charge in [0.1, 0.15) is 17.5 Å². The summed E-state index contributed by atoms with van der Waals surface area (Å²) in [5.74, 6) is -0.544. The lowest BCUT2D eigenvalue weighted by molar-refractivity contribution is -0.137. The smallest absolute Gasteiger partial charge is 0.416 e. The van der Waals surface area contributed by atoms with E-state index in [4.69, 9.17) is 10.5 Å². The lowest BCUT2D eigenvalue weighted by Crippen LogP contribution is -2.20. The maximum atomic E-state index is 12.6. The van der Waals surface area contributed by atoms with Gasteiger partial charge in [-0.25, -0.2) is 4.98 Å². The van der Waals surface area contributed by atoms with Crippen LogP contribution in [0.15, 0.2) is 36.4 Å². The average Bonchev–Trinajstić information content (AvgIpc) is 2.61. The number of amides is 1. The molecule has 0 spiro atoms. The molecule has 1 aliphatic rings. The van der Waals surface area contributed by atoms with Gasteiger partial charge in [0, 0.05) is 12.5 Å². The second-order valence-electron chi connectivity index (χ2n) is 6.06. The van der Waals surface area contributed by atoms with Crippen molar-refractivity contribution in [3.8, 4) is 11.6 Å². The molecule has 0 saturated heterocycles. The van der Waals surface area contributed by atoms with E-state index < -0.39 is 17.6 Å². The zero-order valence-corrected chi connectivity index (χ0v) is 14.0. The molecule has 0 bridgehead atoms. The SMILES string of the molecule is NC(=O)c1cc(O)nc(C2=CCC(Oc3ccc(C(F)(F)F)cc3)CC2)n1. The third kappa shape index (κ3) is 4.55. The van der Waals surface area contributed by atoms with Gasteiger partial charge in [-0.3, -0.25) is 4.79 Å². The number of ether oxygens (including phenoxy) is 1. The van der Waals surface area contributed by atoms with Crippen LogP contribution in [0.1, 0.15) is 41.1 Å². The van der Waals surface area contributed by atoms with Gasteiger partial charge in [-0.15, -0.1) is 0 Å². The maximum absolute atomic E-state index is 12.6. The number of benzene rings is 1. The van der Waals surface area contributed by atoms with E-state index in [-0.39, 0.29) is 23.5 Å². The normalized spacial score (nSPS) is 17.3. The van der Waals surface area contributed by atoms with Crippen molar-refractivity contribution in [1.82, 2.24) is 9.97 Å². The first-order valence-corrected chi connectivity index (χ1v) is 8.13. The van der Waals surface area contributed by atoms with E-state index >= 15 is 0 Å². The van der Waals surface area contributed by atoms with Crippen LogP contribution in [0.25, 0.3) is 5.57 Å². The predicted octanol–water partition coefficient (Wildman–Crippen LogP) is 3.31. The fourth-order valence-electron chi connectivity index (χ4n) is 2.74. The number of primary amides is 1. The Morgan fingerprint density at radius 1 is 1.22 bits per heavy atom. The van der Waals surface area contributed by atoms with Crippen molar-refractivity contribution >= 4 is 11.5 Å². The molecule has 27 heavy (non-hydrogen) atoms. The van der Waals surface area contributed by atoms with E-state index in [1.165, 1.54) is 12.1 Å². The van der Waals surface area contributed by atoms with E-state index in [1.54, 1.807) is 0 Å². The summed E-state index contributed by atoms with van der Waals surface area (Å²) in [6, 6.07) is 5.63. The van der Waals surface area contributed by atoms with Crippen LogP contribution >= 0.6 is 0 Å². The summed E-state index contributed by atoms with van der Waals surface area (Å²) in [5, 5.41) is 9.61. The molecule has 0 radical (unpaired) electrons. The molecule has 1 atom stereocenters. The summed E-state index contributed by atoms with van der Waals surface area (Å²) >= 11 is 0. The van der Waals surface area contributed by atoms with Crippen molar-refractivity contribution in [2.45, 2.75) is 31.5 Å². The fraction of sp³-hybridized carbons (Fsp3) is 0.278. The highest BCUT2D eigenvalue weighted by molar-refractivity contribution is 5.91. The van der Waals surface area contributed by atoms with E-state index in [1.807, 2.05) is 6.08 Å². The molecule has 3 rings (SSSR count). The number of carbonyl (C=O) groups is 1. The Labute approximate surface area is 152 Å². The Morgan fingerprint density at radius 2 is 1.93 bits per heavy atom. The minimum absolute atomic E-state index is 0.0819. The Morgan fingerprint density at radius 3 is 2.48 bits per heavy atom. The predicted molar refractivity (Wildman–Crippen MR) is 89.9 cm³/mol. The molecule has 0 fully saturated rings. The van der Waals surface area contributed by atoms with Crippen LogP contribution in [-0.4, -0.2) is 27.1 Å². The number of allylic oxidation sites excluding steroid dienone is 1. The third-order valence-electron chi connectivity index (χ3n) is 4.10. The average molecular weight is 379 g/mol. The zero-order valence-electron chi connectivity index (χ0n) is 14.0. The van der Waals surface area contributed by atoms with Crippen LogP contribution in [0.2, 0.25) is 0 Å². The van der Waals surface area contributed by atoms with Crippen LogP contribution in [0, 0.1) is 0 Å². The number of rotatable bonds is 4. The van der Waals surface area contributed by atoms with E-state index in [2.05, 4.69) is 9.97 Å². The molecule has 3 N–H and O–H groups in total. The van der Waals surface area contributed by atoms with Crippen molar-refractivity contribution in [3.05, 3.63) is 53.5 Å². The van der Waals surface area contributed by atoms with Gasteiger partial charge >= 0.3 is 6.18 Å². The van der Waals surface area contributed by atoms with Crippen molar-refractivity contribution in [2.24, 2.45) is 5.73 Å². The first-order valence-electron chi connectivity index (χ1n) is 8.13. The van der Waals surface area contributed by atoms with Crippen LogP contribution in [-0.2, 0) is 6.18 Å². The van der Waals surface area contributed by atoms with Crippen molar-refractivity contribution < 1.29 is 27.8 Å². The van der Waals surface area contributed by atoms with Gasteiger partial charge in [0.15, 0.2) is 5.82 Å². The molecular weight excluding hydrogens is 363 g/mol. The van der Waals surface area contributed by atoms with Gasteiger partial charge in [-0.1, -0.05) is 6.08 Å². The Hall–Kier alpha value is -3.10. The van der Waals surface area contributed by atoms with Gasteiger partial charge in [0.05, 0.1) is 5.56 Å². The number of nitrogens with zero attached hydrogens (tertiary/aromatic N) is 2. The number of hydrogen-bond acceptors (Lipinski definition) is 5. The number of aromatic hydroxyl groups is 1. The summed E-state index contributed by atoms with van der Waals surface area (Å²) in [5.41, 5.74) is 5.10. The van der Waals surface area contributed by atoms with Crippen LogP contribution in [0.3, 0.4) is 0 Å². The summed E-state index contributed by atoms with van der Waals surface area (Å²) < 4.78 is 43.5. The largest absolute Gasteiger partial charge is 0.493 e. The zero-order chi connectivity index (χ0) is 19.6. The van der Waals surface area contributed by atoms with E-state index in [9.17, 15) is 23.1 Å². The van der Waals surface area contributed by atoms with Gasteiger partial charge in [0.25, 0.3) is 5.91 Å². The molecule has 6 nitrogen and oxygen atoms in total. The number of nitrogens with two attached hydrogens (primary N) is 1. The lowest BCUT2D eigenvalue weighted by Gasteiger charge is -2.23. The highest BCUT2D eigenvalue weighted by Crippen LogP contribution is 2.32. The molecule has 2 aromatic rings. The van der Waals surface area contributed by atoms with Crippen LogP contribution in [0.5, 0.6) is 11.6 Å². The molecule has 0 saturated carbocycles. The van der Waals surface area contributed by atoms with Gasteiger partial charge < -0.3 is 15.6 Å². The Balaban J connectivity index is 1.67. The van der Waals surface area contributed by atoms with Crippen LogP contribution < -0.4 is 10.5 Å². The fourth-order valence-corrected chi connectivity index (χ4v) is 2.74. The van der Waals surface area contributed by atoms with E-state index in [0.717, 1.165) is 23.8 Å². The maximum Gasteiger partial charge on any atom is 0.416 e. The first kappa shape index (κ1) is 18.7. The minimum Gasteiger partial charge on any atom is -0.493 e. The molecule has 9 heteroatoms. The topological polar surface area (TPSA) is 98.3 Å². The lowest BCUT2D eigenvalue weighted by atomic mass is 9.96. The molecule has 1 amide bonds. The Bertz CT molecular complexity index is 880. The highest BCUT2D eigenvalue weighted by atomic mass is 19.4.